The number of amides is 1. The Morgan fingerprint density at radius 3 is 2.92 bits per heavy atom. The second-order valence-corrected chi connectivity index (χ2v) is 3.69. The number of carbonyl (C=O) groups is 1. The minimum Gasteiger partial charge on any atom is -0.465 e. The van der Waals surface area contributed by atoms with Crippen LogP contribution in [0.2, 0.25) is 0 Å². The molecule has 2 aliphatic rings. The quantitative estimate of drug-likeness (QED) is 0.556. The van der Waals surface area contributed by atoms with Gasteiger partial charge < -0.3 is 10.4 Å². The van der Waals surface area contributed by atoms with Crippen molar-refractivity contribution in [3.63, 3.8) is 0 Å². The van der Waals surface area contributed by atoms with Crippen LogP contribution in [-0.2, 0) is 0 Å². The van der Waals surface area contributed by atoms with Crippen molar-refractivity contribution in [1.29, 1.82) is 0 Å². The monoisotopic (exact) mass is 170 g/mol. The summed E-state index contributed by atoms with van der Waals surface area (Å²) in [5.74, 6) is 0. The van der Waals surface area contributed by atoms with Crippen molar-refractivity contribution >= 4 is 6.09 Å². The molecule has 2 bridgehead atoms. The van der Waals surface area contributed by atoms with E-state index in [1.54, 1.807) is 4.90 Å². The first-order valence-corrected chi connectivity index (χ1v) is 4.45. The van der Waals surface area contributed by atoms with E-state index in [1.165, 1.54) is 0 Å². The van der Waals surface area contributed by atoms with Crippen molar-refractivity contribution in [2.45, 2.75) is 37.9 Å². The number of nitrogens with one attached hydrogen (secondary N) is 1. The van der Waals surface area contributed by atoms with Gasteiger partial charge in [-0.25, -0.2) is 4.79 Å². The van der Waals surface area contributed by atoms with E-state index in [2.05, 4.69) is 12.2 Å². The second-order valence-electron chi connectivity index (χ2n) is 3.69. The zero-order chi connectivity index (χ0) is 8.72. The third-order valence-electron chi connectivity index (χ3n) is 3.02. The number of rotatable bonds is 0. The van der Waals surface area contributed by atoms with Crippen LogP contribution in [0.3, 0.4) is 0 Å². The molecular weight excluding hydrogens is 156 g/mol. The van der Waals surface area contributed by atoms with Gasteiger partial charge in [0.1, 0.15) is 0 Å². The lowest BCUT2D eigenvalue weighted by Gasteiger charge is -2.37. The minimum atomic E-state index is -0.754. The van der Waals surface area contributed by atoms with Gasteiger partial charge in [0.15, 0.2) is 0 Å². The first kappa shape index (κ1) is 7.86. The lowest BCUT2D eigenvalue weighted by molar-refractivity contribution is 0.0945. The highest BCUT2D eigenvalue weighted by molar-refractivity contribution is 5.66. The van der Waals surface area contributed by atoms with Crippen molar-refractivity contribution in [2.75, 3.05) is 6.54 Å². The Labute approximate surface area is 71.5 Å². The van der Waals surface area contributed by atoms with E-state index in [9.17, 15) is 4.79 Å². The van der Waals surface area contributed by atoms with Gasteiger partial charge in [-0.3, -0.25) is 4.90 Å². The molecule has 68 valence electrons. The summed E-state index contributed by atoms with van der Waals surface area (Å²) in [5.41, 5.74) is 0. The van der Waals surface area contributed by atoms with E-state index in [4.69, 9.17) is 5.11 Å². The fraction of sp³-hybridized carbons (Fsp3) is 0.875. The summed E-state index contributed by atoms with van der Waals surface area (Å²) in [6, 6.07) is 0.754. The summed E-state index contributed by atoms with van der Waals surface area (Å²) < 4.78 is 0. The zero-order valence-corrected chi connectivity index (χ0v) is 7.16. The lowest BCUT2D eigenvalue weighted by atomic mass is 10.1. The van der Waals surface area contributed by atoms with Crippen molar-refractivity contribution < 1.29 is 9.90 Å². The number of piperazine rings is 1. The fourth-order valence-electron chi connectivity index (χ4n) is 2.36. The largest absolute Gasteiger partial charge is 0.465 e. The second kappa shape index (κ2) is 2.62. The predicted octanol–water partition coefficient (Wildman–Crippen LogP) is 0.489. The molecule has 2 saturated heterocycles. The van der Waals surface area contributed by atoms with Gasteiger partial charge in [-0.1, -0.05) is 0 Å². The molecule has 0 aromatic heterocycles. The maximum absolute atomic E-state index is 10.9. The Bertz CT molecular complexity index is 207. The minimum absolute atomic E-state index is 0.209. The number of nitrogens with zero attached hydrogens (tertiary/aromatic N) is 1. The average molecular weight is 170 g/mol. The topological polar surface area (TPSA) is 52.6 Å². The Kier molecular flexibility index (Phi) is 1.72. The van der Waals surface area contributed by atoms with Gasteiger partial charge in [-0.15, -0.1) is 0 Å². The highest BCUT2D eigenvalue weighted by Crippen LogP contribution is 2.29. The Balaban J connectivity index is 2.18. The maximum atomic E-state index is 10.9. The summed E-state index contributed by atoms with van der Waals surface area (Å²) in [7, 11) is 0. The standard InChI is InChI=1S/C8H14N2O2/c1-5-7-3-2-6(4-9-5)10(7)8(11)12/h5-7,9H,2-4H2,1H3,(H,11,12). The molecule has 0 aromatic rings. The van der Waals surface area contributed by atoms with Crippen LogP contribution in [0, 0.1) is 0 Å². The summed E-state index contributed by atoms with van der Waals surface area (Å²) in [5, 5.41) is 12.3. The molecule has 0 spiro atoms. The molecule has 4 nitrogen and oxygen atoms in total. The van der Waals surface area contributed by atoms with Gasteiger partial charge in [0.25, 0.3) is 0 Å². The van der Waals surface area contributed by atoms with E-state index < -0.39 is 6.09 Å². The highest BCUT2D eigenvalue weighted by atomic mass is 16.4. The average Bonchev–Trinajstić information content (AvgIpc) is 2.35. The van der Waals surface area contributed by atoms with Crippen LogP contribution in [-0.4, -0.2) is 40.8 Å². The maximum Gasteiger partial charge on any atom is 0.407 e. The lowest BCUT2D eigenvalue weighted by Crippen LogP contribution is -2.58. The van der Waals surface area contributed by atoms with Crippen molar-refractivity contribution in [3.05, 3.63) is 0 Å². The van der Waals surface area contributed by atoms with Gasteiger partial charge in [-0.05, 0) is 19.8 Å². The van der Waals surface area contributed by atoms with Crippen LogP contribution < -0.4 is 5.32 Å². The van der Waals surface area contributed by atoms with Gasteiger partial charge in [0.05, 0.1) is 6.04 Å². The van der Waals surface area contributed by atoms with Crippen LogP contribution in [0.4, 0.5) is 4.79 Å². The Morgan fingerprint density at radius 1 is 1.58 bits per heavy atom. The van der Waals surface area contributed by atoms with E-state index >= 15 is 0 Å². The van der Waals surface area contributed by atoms with Gasteiger partial charge in [0.2, 0.25) is 0 Å². The summed E-state index contributed by atoms with van der Waals surface area (Å²) in [6.07, 6.45) is 1.29. The van der Waals surface area contributed by atoms with Crippen LogP contribution >= 0.6 is 0 Å². The van der Waals surface area contributed by atoms with E-state index in [0.717, 1.165) is 19.4 Å². The van der Waals surface area contributed by atoms with E-state index in [1.807, 2.05) is 0 Å². The number of hydrogen-bond acceptors (Lipinski definition) is 2. The van der Waals surface area contributed by atoms with Gasteiger partial charge in [0, 0.05) is 18.6 Å². The molecule has 12 heavy (non-hydrogen) atoms. The first-order valence-electron chi connectivity index (χ1n) is 4.45. The molecule has 3 atom stereocenters. The Hall–Kier alpha value is -0.770. The third-order valence-corrected chi connectivity index (χ3v) is 3.02. The smallest absolute Gasteiger partial charge is 0.407 e. The summed E-state index contributed by atoms with van der Waals surface area (Å²) in [6.45, 7) is 2.88. The van der Waals surface area contributed by atoms with E-state index in [-0.39, 0.29) is 12.1 Å². The van der Waals surface area contributed by atoms with Gasteiger partial charge in [-0.2, -0.15) is 0 Å². The first-order chi connectivity index (χ1) is 5.70. The van der Waals surface area contributed by atoms with Crippen LogP contribution in [0.15, 0.2) is 0 Å². The molecule has 0 radical (unpaired) electrons. The highest BCUT2D eigenvalue weighted by Gasteiger charge is 2.42. The molecule has 2 aliphatic heterocycles. The van der Waals surface area contributed by atoms with Crippen LogP contribution in [0.25, 0.3) is 0 Å². The van der Waals surface area contributed by atoms with Gasteiger partial charge >= 0.3 is 6.09 Å². The number of carboxylic acid groups (broad SMARTS) is 1. The SMILES string of the molecule is CC1NCC2CCC1N2C(=O)O. The predicted molar refractivity (Wildman–Crippen MR) is 44.1 cm³/mol. The van der Waals surface area contributed by atoms with Crippen molar-refractivity contribution in [3.8, 4) is 0 Å². The number of hydrogen-bond donors (Lipinski definition) is 2. The van der Waals surface area contributed by atoms with E-state index in [0.29, 0.717) is 6.04 Å². The molecule has 2 N–H and O–H groups in total. The normalized spacial score (nSPS) is 40.1. The summed E-state index contributed by atoms with van der Waals surface area (Å²) >= 11 is 0. The Morgan fingerprint density at radius 2 is 2.33 bits per heavy atom. The fourth-order valence-corrected chi connectivity index (χ4v) is 2.36. The molecular formula is C8H14N2O2. The van der Waals surface area contributed by atoms with Crippen LogP contribution in [0.1, 0.15) is 19.8 Å². The zero-order valence-electron chi connectivity index (χ0n) is 7.16. The molecule has 2 rings (SSSR count). The van der Waals surface area contributed by atoms with Crippen LogP contribution in [0.5, 0.6) is 0 Å². The number of fused-ring (bicyclic) bond motifs is 2. The molecule has 0 saturated carbocycles. The molecule has 3 unspecified atom stereocenters. The molecule has 4 heteroatoms. The molecule has 0 aromatic carbocycles. The molecule has 2 heterocycles. The summed E-state index contributed by atoms with van der Waals surface area (Å²) in [4.78, 5) is 12.5. The van der Waals surface area contributed by atoms with Crippen molar-refractivity contribution in [2.24, 2.45) is 0 Å². The molecule has 2 fully saturated rings. The third kappa shape index (κ3) is 0.982. The van der Waals surface area contributed by atoms with Crippen molar-refractivity contribution in [1.82, 2.24) is 10.2 Å². The molecule has 1 amide bonds. The molecule has 0 aliphatic carbocycles.